The molecule has 0 aliphatic heterocycles. The molecule has 0 unspecified atom stereocenters. The summed E-state index contributed by atoms with van der Waals surface area (Å²) in [5.41, 5.74) is 0.997. The smallest absolute Gasteiger partial charge is 0.356 e. The molecule has 3 heteroatoms. The van der Waals surface area contributed by atoms with E-state index in [9.17, 15) is 4.79 Å². The van der Waals surface area contributed by atoms with Gasteiger partial charge in [0.1, 0.15) is 6.11 Å². The van der Waals surface area contributed by atoms with E-state index < -0.39 is 6.09 Å². The Kier molecular flexibility index (Phi) is 3.40. The molecule has 13 heavy (non-hydrogen) atoms. The molecule has 0 fully saturated rings. The molecule has 66 valence electrons. The minimum Gasteiger partial charge on any atom is -0.356 e. The van der Waals surface area contributed by atoms with Gasteiger partial charge in [0, 0.05) is 6.54 Å². The molecule has 0 radical (unpaired) electrons. The van der Waals surface area contributed by atoms with Gasteiger partial charge in [-0.3, -0.25) is 0 Å². The number of ether oxygens (including phenoxy) is 1. The average molecular weight is 175 g/mol. The Morgan fingerprint density at radius 3 is 2.77 bits per heavy atom. The van der Waals surface area contributed by atoms with Crippen LogP contribution in [0.2, 0.25) is 0 Å². The highest BCUT2D eigenvalue weighted by Crippen LogP contribution is 1.96. The maximum Gasteiger partial charge on any atom is 0.421 e. The number of carbonyl (C=O) groups excluding carboxylic acids is 1. The number of hydrogen-bond acceptors (Lipinski definition) is 2. The van der Waals surface area contributed by atoms with Gasteiger partial charge in [0.2, 0.25) is 0 Å². The van der Waals surface area contributed by atoms with Crippen LogP contribution in [0.3, 0.4) is 0 Å². The van der Waals surface area contributed by atoms with Crippen LogP contribution in [0.4, 0.5) is 4.79 Å². The number of carbonyl (C=O) groups is 1. The first-order valence-corrected chi connectivity index (χ1v) is 3.77. The van der Waals surface area contributed by atoms with E-state index in [1.807, 2.05) is 30.3 Å². The largest absolute Gasteiger partial charge is 0.421 e. The molecule has 0 atom stereocenters. The van der Waals surface area contributed by atoms with E-state index >= 15 is 0 Å². The fourth-order valence-electron chi connectivity index (χ4n) is 0.860. The van der Waals surface area contributed by atoms with Gasteiger partial charge in [-0.1, -0.05) is 36.8 Å². The normalized spacial score (nSPS) is 8.54. The van der Waals surface area contributed by atoms with E-state index in [1.165, 1.54) is 0 Å². The summed E-state index contributed by atoms with van der Waals surface area (Å²) < 4.78 is 4.24. The van der Waals surface area contributed by atoms with Crippen molar-refractivity contribution in [2.75, 3.05) is 0 Å². The maximum atomic E-state index is 10.7. The Hall–Kier alpha value is -1.95. The summed E-state index contributed by atoms with van der Waals surface area (Å²) >= 11 is 0. The lowest BCUT2D eigenvalue weighted by Crippen LogP contribution is -2.21. The molecule has 1 amide bonds. The number of rotatable bonds is 2. The molecular formula is C10H9NO2. The first-order chi connectivity index (χ1) is 6.33. The standard InChI is InChI=1S/C10H9NO2/c1-2-13-10(12)11-8-9-6-4-3-5-7-9/h1,3-7H,8H2,(H,11,12). The van der Waals surface area contributed by atoms with Crippen molar-refractivity contribution in [2.24, 2.45) is 0 Å². The molecule has 0 saturated heterocycles. The third kappa shape index (κ3) is 3.30. The second-order valence-corrected chi connectivity index (χ2v) is 2.35. The summed E-state index contributed by atoms with van der Waals surface area (Å²) in [6.07, 6.45) is 5.95. The van der Waals surface area contributed by atoms with Gasteiger partial charge in [0.25, 0.3) is 0 Å². The lowest BCUT2D eigenvalue weighted by Gasteiger charge is -2.01. The predicted molar refractivity (Wildman–Crippen MR) is 48.6 cm³/mol. The zero-order chi connectivity index (χ0) is 9.52. The molecule has 0 heterocycles. The molecule has 1 aromatic rings. The second kappa shape index (κ2) is 4.83. The van der Waals surface area contributed by atoms with Crippen LogP contribution in [-0.4, -0.2) is 6.09 Å². The number of nitrogens with one attached hydrogen (secondary N) is 1. The molecule has 1 N–H and O–H groups in total. The van der Waals surface area contributed by atoms with Gasteiger partial charge in [-0.05, 0) is 5.56 Å². The van der Waals surface area contributed by atoms with E-state index in [1.54, 1.807) is 6.11 Å². The summed E-state index contributed by atoms with van der Waals surface area (Å²) in [5.74, 6) is 0. The van der Waals surface area contributed by atoms with Crippen LogP contribution in [0.15, 0.2) is 30.3 Å². The third-order valence-corrected chi connectivity index (χ3v) is 1.43. The van der Waals surface area contributed by atoms with Crippen molar-refractivity contribution >= 4 is 6.09 Å². The van der Waals surface area contributed by atoms with Crippen LogP contribution in [-0.2, 0) is 11.3 Å². The highest BCUT2D eigenvalue weighted by Gasteiger charge is 1.98. The highest BCUT2D eigenvalue weighted by molar-refractivity contribution is 5.68. The number of hydrogen-bond donors (Lipinski definition) is 1. The monoisotopic (exact) mass is 175 g/mol. The minimum atomic E-state index is -0.605. The number of alkyl carbamates (subject to hydrolysis) is 1. The Balaban J connectivity index is 2.36. The van der Waals surface area contributed by atoms with Crippen molar-refractivity contribution < 1.29 is 9.53 Å². The van der Waals surface area contributed by atoms with E-state index in [2.05, 4.69) is 10.1 Å². The first kappa shape index (κ1) is 9.14. The van der Waals surface area contributed by atoms with Crippen molar-refractivity contribution in [1.82, 2.24) is 5.32 Å². The predicted octanol–water partition coefficient (Wildman–Crippen LogP) is 1.50. The van der Waals surface area contributed by atoms with Gasteiger partial charge in [-0.15, -0.1) is 0 Å². The minimum absolute atomic E-state index is 0.418. The molecule has 0 spiro atoms. The van der Waals surface area contributed by atoms with Gasteiger partial charge in [0.15, 0.2) is 0 Å². The maximum absolute atomic E-state index is 10.7. The van der Waals surface area contributed by atoms with Crippen molar-refractivity contribution in [3.05, 3.63) is 35.9 Å². The van der Waals surface area contributed by atoms with E-state index in [4.69, 9.17) is 6.42 Å². The van der Waals surface area contributed by atoms with Crippen LogP contribution in [0, 0.1) is 12.5 Å². The molecule has 0 aliphatic carbocycles. The van der Waals surface area contributed by atoms with E-state index in [-0.39, 0.29) is 0 Å². The topological polar surface area (TPSA) is 38.3 Å². The fraction of sp³-hybridized carbons (Fsp3) is 0.100. The molecule has 0 bridgehead atoms. The van der Waals surface area contributed by atoms with Gasteiger partial charge < -0.3 is 10.1 Å². The molecule has 1 aromatic carbocycles. The van der Waals surface area contributed by atoms with Crippen molar-refractivity contribution in [3.63, 3.8) is 0 Å². The first-order valence-electron chi connectivity index (χ1n) is 3.77. The molecule has 1 rings (SSSR count). The van der Waals surface area contributed by atoms with Crippen molar-refractivity contribution in [3.8, 4) is 12.5 Å². The molecule has 0 saturated carbocycles. The van der Waals surface area contributed by atoms with Crippen LogP contribution in [0.5, 0.6) is 0 Å². The zero-order valence-corrected chi connectivity index (χ0v) is 6.99. The summed E-state index contributed by atoms with van der Waals surface area (Å²) in [5, 5.41) is 2.50. The molecular weight excluding hydrogens is 166 g/mol. The van der Waals surface area contributed by atoms with Crippen molar-refractivity contribution in [2.45, 2.75) is 6.54 Å². The highest BCUT2D eigenvalue weighted by atomic mass is 16.5. The number of terminal acetylenes is 1. The lowest BCUT2D eigenvalue weighted by atomic mass is 10.2. The van der Waals surface area contributed by atoms with Gasteiger partial charge in [-0.2, -0.15) is 0 Å². The molecule has 0 aromatic heterocycles. The van der Waals surface area contributed by atoms with Crippen LogP contribution < -0.4 is 5.32 Å². The third-order valence-electron chi connectivity index (χ3n) is 1.43. The van der Waals surface area contributed by atoms with Crippen LogP contribution >= 0.6 is 0 Å². The van der Waals surface area contributed by atoms with Gasteiger partial charge >= 0.3 is 6.09 Å². The average Bonchev–Trinajstić information content (AvgIpc) is 2.17. The Labute approximate surface area is 76.7 Å². The van der Waals surface area contributed by atoms with Gasteiger partial charge in [-0.25, -0.2) is 4.79 Å². The zero-order valence-electron chi connectivity index (χ0n) is 6.99. The number of benzene rings is 1. The summed E-state index contributed by atoms with van der Waals surface area (Å²) in [6.45, 7) is 0.418. The van der Waals surface area contributed by atoms with E-state index in [0.717, 1.165) is 5.56 Å². The SMILES string of the molecule is C#COC(=O)NCc1ccccc1. The van der Waals surface area contributed by atoms with Gasteiger partial charge in [0.05, 0.1) is 0 Å². The fourth-order valence-corrected chi connectivity index (χ4v) is 0.860. The quantitative estimate of drug-likeness (QED) is 0.692. The van der Waals surface area contributed by atoms with Crippen LogP contribution in [0.25, 0.3) is 0 Å². The Bertz CT molecular complexity index is 313. The summed E-state index contributed by atoms with van der Waals surface area (Å²) in [6, 6.07) is 9.49. The Morgan fingerprint density at radius 2 is 2.15 bits per heavy atom. The lowest BCUT2D eigenvalue weighted by molar-refractivity contribution is 0.191. The summed E-state index contributed by atoms with van der Waals surface area (Å²) in [4.78, 5) is 10.7. The van der Waals surface area contributed by atoms with Crippen LogP contribution in [0.1, 0.15) is 5.56 Å². The summed E-state index contributed by atoms with van der Waals surface area (Å²) in [7, 11) is 0. The second-order valence-electron chi connectivity index (χ2n) is 2.35. The molecule has 0 aliphatic rings. The number of amides is 1. The Morgan fingerprint density at radius 1 is 1.46 bits per heavy atom. The van der Waals surface area contributed by atoms with Crippen molar-refractivity contribution in [1.29, 1.82) is 0 Å². The molecule has 3 nitrogen and oxygen atoms in total. The van der Waals surface area contributed by atoms with E-state index in [0.29, 0.717) is 6.54 Å².